The fourth-order valence-electron chi connectivity index (χ4n) is 1.81. The van der Waals surface area contributed by atoms with Gasteiger partial charge in [0, 0.05) is 12.1 Å². The molecule has 2 aromatic rings. The van der Waals surface area contributed by atoms with Gasteiger partial charge in [0.2, 0.25) is 0 Å². The molecule has 0 radical (unpaired) electrons. The van der Waals surface area contributed by atoms with Crippen molar-refractivity contribution in [3.8, 4) is 5.75 Å². The van der Waals surface area contributed by atoms with Gasteiger partial charge in [0.25, 0.3) is 0 Å². The maximum Gasteiger partial charge on any atom is 0.307 e. The lowest BCUT2D eigenvalue weighted by atomic mass is 10.1. The molecule has 0 amide bonds. The lowest BCUT2D eigenvalue weighted by Gasteiger charge is -2.18. The molecule has 20 heavy (non-hydrogen) atoms. The van der Waals surface area contributed by atoms with Gasteiger partial charge in [-0.25, -0.2) is 0 Å². The van der Waals surface area contributed by atoms with Crippen molar-refractivity contribution in [2.75, 3.05) is 0 Å². The third-order valence-electron chi connectivity index (χ3n) is 2.97. The van der Waals surface area contributed by atoms with Gasteiger partial charge in [0.05, 0.1) is 6.42 Å². The number of ether oxygens (including phenoxy) is 1. The van der Waals surface area contributed by atoms with Gasteiger partial charge >= 0.3 is 5.97 Å². The first kappa shape index (κ1) is 14.1. The number of nitrogens with two attached hydrogens (primary N) is 1. The minimum Gasteiger partial charge on any atom is -0.488 e. The molecule has 4 nitrogen and oxygen atoms in total. The van der Waals surface area contributed by atoms with Crippen molar-refractivity contribution in [2.24, 2.45) is 5.73 Å². The predicted octanol–water partition coefficient (Wildman–Crippen LogP) is 2.35. The molecule has 0 saturated heterocycles. The number of carboxylic acid groups (broad SMARTS) is 1. The molecular formula is C16H17NO3. The van der Waals surface area contributed by atoms with Crippen LogP contribution in [0, 0.1) is 0 Å². The molecule has 0 aromatic heterocycles. The van der Waals surface area contributed by atoms with Gasteiger partial charge in [-0.05, 0) is 17.2 Å². The number of carboxylic acids is 1. The van der Waals surface area contributed by atoms with Crippen LogP contribution in [0.25, 0.3) is 0 Å². The predicted molar refractivity (Wildman–Crippen MR) is 76.4 cm³/mol. The van der Waals surface area contributed by atoms with Crippen LogP contribution in [0.2, 0.25) is 0 Å². The second kappa shape index (κ2) is 6.73. The molecule has 0 unspecified atom stereocenters. The first-order valence-corrected chi connectivity index (χ1v) is 6.39. The highest BCUT2D eigenvalue weighted by atomic mass is 16.5. The maximum absolute atomic E-state index is 10.3. The summed E-state index contributed by atoms with van der Waals surface area (Å²) in [5, 5.41) is 8.47. The molecule has 1 aliphatic heterocycles. The van der Waals surface area contributed by atoms with Crippen LogP contribution in [0.15, 0.2) is 48.5 Å². The van der Waals surface area contributed by atoms with E-state index in [2.05, 4.69) is 6.07 Å². The van der Waals surface area contributed by atoms with Crippen LogP contribution >= 0.6 is 0 Å². The summed E-state index contributed by atoms with van der Waals surface area (Å²) in [6.45, 7) is 1.30. The summed E-state index contributed by atoms with van der Waals surface area (Å²) in [5.41, 5.74) is 8.53. The van der Waals surface area contributed by atoms with E-state index in [9.17, 15) is 4.79 Å². The largest absolute Gasteiger partial charge is 0.488 e. The molecule has 0 spiro atoms. The van der Waals surface area contributed by atoms with Crippen LogP contribution < -0.4 is 10.5 Å². The van der Waals surface area contributed by atoms with E-state index in [0.29, 0.717) is 6.54 Å². The van der Waals surface area contributed by atoms with Crippen molar-refractivity contribution in [3.63, 3.8) is 0 Å². The standard InChI is InChI=1S/C9H11NO2.C7H6O/c10-6-8-3-1-7(2-4-8)5-9(11)12;1-2-4-7-6(3-1)5-8-7/h1-4H,5-6,10H2,(H,11,12);1-4H,5H2. The van der Waals surface area contributed by atoms with Crippen LogP contribution in [0.1, 0.15) is 16.7 Å². The van der Waals surface area contributed by atoms with E-state index in [0.717, 1.165) is 23.5 Å². The SMILES string of the molecule is NCc1ccc(CC(=O)O)cc1.c1ccc2c(c1)CO2. The molecule has 0 bridgehead atoms. The van der Waals surface area contributed by atoms with Crippen LogP contribution in [0.5, 0.6) is 5.75 Å². The Labute approximate surface area is 117 Å². The number of para-hydroxylation sites is 1. The van der Waals surface area contributed by atoms with E-state index < -0.39 is 5.97 Å². The van der Waals surface area contributed by atoms with Crippen molar-refractivity contribution < 1.29 is 14.6 Å². The quantitative estimate of drug-likeness (QED) is 0.898. The summed E-state index contributed by atoms with van der Waals surface area (Å²) in [6, 6.07) is 15.3. The van der Waals surface area contributed by atoms with Crippen LogP contribution in [0.3, 0.4) is 0 Å². The lowest BCUT2D eigenvalue weighted by molar-refractivity contribution is -0.136. The summed E-state index contributed by atoms with van der Waals surface area (Å²) < 4.78 is 5.08. The van der Waals surface area contributed by atoms with Crippen molar-refractivity contribution in [2.45, 2.75) is 19.6 Å². The fourth-order valence-corrected chi connectivity index (χ4v) is 1.81. The molecule has 104 valence electrons. The summed E-state index contributed by atoms with van der Waals surface area (Å²) >= 11 is 0. The Hall–Kier alpha value is -2.33. The summed E-state index contributed by atoms with van der Waals surface area (Å²) in [6.07, 6.45) is 0.0743. The molecule has 1 heterocycles. The Morgan fingerprint density at radius 3 is 2.15 bits per heavy atom. The van der Waals surface area contributed by atoms with E-state index in [1.807, 2.05) is 30.3 Å². The molecule has 1 aliphatic rings. The van der Waals surface area contributed by atoms with Gasteiger partial charge in [-0.2, -0.15) is 0 Å². The van der Waals surface area contributed by atoms with Gasteiger partial charge in [0.1, 0.15) is 12.4 Å². The summed E-state index contributed by atoms with van der Waals surface area (Å²) in [7, 11) is 0. The average Bonchev–Trinajstić information content (AvgIpc) is 2.41. The van der Waals surface area contributed by atoms with Gasteiger partial charge in [0.15, 0.2) is 0 Å². The number of hydrogen-bond donors (Lipinski definition) is 2. The van der Waals surface area contributed by atoms with E-state index in [4.69, 9.17) is 15.6 Å². The Balaban J connectivity index is 0.000000157. The number of fused-ring (bicyclic) bond motifs is 1. The summed E-state index contributed by atoms with van der Waals surface area (Å²) in [5.74, 6) is 0.239. The molecule has 3 N–H and O–H groups in total. The molecule has 0 fully saturated rings. The maximum atomic E-state index is 10.3. The van der Waals surface area contributed by atoms with E-state index >= 15 is 0 Å². The second-order valence-electron chi connectivity index (χ2n) is 4.49. The van der Waals surface area contributed by atoms with Crippen LogP contribution in [0.4, 0.5) is 0 Å². The van der Waals surface area contributed by atoms with E-state index in [-0.39, 0.29) is 6.42 Å². The van der Waals surface area contributed by atoms with Crippen molar-refractivity contribution in [1.29, 1.82) is 0 Å². The number of hydrogen-bond acceptors (Lipinski definition) is 3. The highest BCUT2D eigenvalue weighted by molar-refractivity contribution is 5.70. The van der Waals surface area contributed by atoms with Gasteiger partial charge < -0.3 is 15.6 Å². The topological polar surface area (TPSA) is 72.6 Å². The number of benzene rings is 2. The average molecular weight is 271 g/mol. The number of carbonyl (C=O) groups is 1. The van der Waals surface area contributed by atoms with Gasteiger partial charge in [-0.3, -0.25) is 4.79 Å². The van der Waals surface area contributed by atoms with E-state index in [1.165, 1.54) is 5.56 Å². The normalized spacial score (nSPS) is 11.2. The van der Waals surface area contributed by atoms with E-state index in [1.54, 1.807) is 12.1 Å². The molecule has 0 atom stereocenters. The molecule has 4 heteroatoms. The fraction of sp³-hybridized carbons (Fsp3) is 0.188. The lowest BCUT2D eigenvalue weighted by Crippen LogP contribution is -2.07. The number of aliphatic carboxylic acids is 1. The summed E-state index contributed by atoms with van der Waals surface area (Å²) in [4.78, 5) is 10.3. The Morgan fingerprint density at radius 2 is 1.75 bits per heavy atom. The molecular weight excluding hydrogens is 254 g/mol. The third-order valence-corrected chi connectivity index (χ3v) is 2.97. The zero-order chi connectivity index (χ0) is 14.4. The van der Waals surface area contributed by atoms with Crippen molar-refractivity contribution in [3.05, 3.63) is 65.2 Å². The monoisotopic (exact) mass is 271 g/mol. The zero-order valence-corrected chi connectivity index (χ0v) is 11.1. The second-order valence-corrected chi connectivity index (χ2v) is 4.49. The van der Waals surface area contributed by atoms with Crippen LogP contribution in [-0.2, 0) is 24.4 Å². The Morgan fingerprint density at radius 1 is 1.10 bits per heavy atom. The number of rotatable bonds is 3. The first-order chi connectivity index (χ1) is 9.69. The highest BCUT2D eigenvalue weighted by Crippen LogP contribution is 2.27. The Bertz CT molecular complexity index is 556. The molecule has 2 aromatic carbocycles. The third kappa shape index (κ3) is 3.83. The van der Waals surface area contributed by atoms with Gasteiger partial charge in [-0.1, -0.05) is 42.5 Å². The minimum atomic E-state index is -0.810. The highest BCUT2D eigenvalue weighted by Gasteiger charge is 2.10. The molecule has 0 aliphatic carbocycles. The smallest absolute Gasteiger partial charge is 0.307 e. The van der Waals surface area contributed by atoms with Crippen molar-refractivity contribution >= 4 is 5.97 Å². The zero-order valence-electron chi connectivity index (χ0n) is 11.1. The molecule has 0 saturated carbocycles. The Kier molecular flexibility index (Phi) is 4.74. The van der Waals surface area contributed by atoms with Gasteiger partial charge in [-0.15, -0.1) is 0 Å². The minimum absolute atomic E-state index is 0.0743. The van der Waals surface area contributed by atoms with Crippen molar-refractivity contribution in [1.82, 2.24) is 0 Å². The van der Waals surface area contributed by atoms with Crippen LogP contribution in [-0.4, -0.2) is 11.1 Å². The molecule has 3 rings (SSSR count). The first-order valence-electron chi connectivity index (χ1n) is 6.39.